The number of rotatable bonds is 3. The Morgan fingerprint density at radius 3 is 3.20 bits per heavy atom. The van der Waals surface area contributed by atoms with Crippen LogP contribution in [0, 0.1) is 0 Å². The quantitative estimate of drug-likeness (QED) is 0.917. The smallest absolute Gasteiger partial charge is 0.0934 e. The molecule has 1 N–H and O–H groups in total. The minimum absolute atomic E-state index is 0.361. The minimum Gasteiger partial charge on any atom is -0.380 e. The van der Waals surface area contributed by atoms with E-state index in [1.54, 1.807) is 0 Å². The molecule has 0 bridgehead atoms. The van der Waals surface area contributed by atoms with Crippen molar-refractivity contribution in [3.05, 3.63) is 35.5 Å². The standard InChI is InChI=1S/C16H19ClN2O/c1-2-14-10-13(5-7-20-14)19-15-9-12(17)8-11-4-3-6-18-16(11)15/h3-4,6,8-9,13-14,19H,2,5,7,10H2,1H3. The Morgan fingerprint density at radius 1 is 1.45 bits per heavy atom. The first-order valence-corrected chi connectivity index (χ1v) is 7.56. The van der Waals surface area contributed by atoms with Gasteiger partial charge in [-0.05, 0) is 37.5 Å². The van der Waals surface area contributed by atoms with E-state index in [1.807, 2.05) is 30.5 Å². The van der Waals surface area contributed by atoms with Crippen LogP contribution >= 0.6 is 11.6 Å². The fourth-order valence-electron chi connectivity index (χ4n) is 2.78. The van der Waals surface area contributed by atoms with Gasteiger partial charge in [-0.1, -0.05) is 24.6 Å². The molecule has 1 fully saturated rings. The molecule has 1 aromatic heterocycles. The lowest BCUT2D eigenvalue weighted by atomic mass is 10.0. The number of nitrogens with one attached hydrogen (secondary N) is 1. The maximum absolute atomic E-state index is 6.20. The average Bonchev–Trinajstić information content (AvgIpc) is 2.47. The fourth-order valence-corrected chi connectivity index (χ4v) is 3.01. The third-order valence-corrected chi connectivity index (χ3v) is 4.07. The molecule has 0 aliphatic carbocycles. The molecule has 0 radical (unpaired) electrons. The van der Waals surface area contributed by atoms with Gasteiger partial charge in [0.05, 0.1) is 17.3 Å². The second-order valence-corrected chi connectivity index (χ2v) is 5.73. The zero-order chi connectivity index (χ0) is 13.9. The summed E-state index contributed by atoms with van der Waals surface area (Å²) in [5.41, 5.74) is 2.01. The molecular weight excluding hydrogens is 272 g/mol. The molecule has 0 amide bonds. The van der Waals surface area contributed by atoms with Crippen LogP contribution in [0.5, 0.6) is 0 Å². The molecule has 20 heavy (non-hydrogen) atoms. The molecule has 2 atom stereocenters. The number of halogens is 1. The summed E-state index contributed by atoms with van der Waals surface area (Å²) in [6.45, 7) is 2.99. The van der Waals surface area contributed by atoms with E-state index in [1.165, 1.54) is 0 Å². The summed E-state index contributed by atoms with van der Waals surface area (Å²) in [5, 5.41) is 5.42. The zero-order valence-electron chi connectivity index (χ0n) is 11.6. The molecule has 4 heteroatoms. The highest BCUT2D eigenvalue weighted by atomic mass is 35.5. The maximum atomic E-state index is 6.20. The topological polar surface area (TPSA) is 34.2 Å². The van der Waals surface area contributed by atoms with Gasteiger partial charge in [0.15, 0.2) is 0 Å². The lowest BCUT2D eigenvalue weighted by Gasteiger charge is -2.30. The van der Waals surface area contributed by atoms with E-state index in [9.17, 15) is 0 Å². The third kappa shape index (κ3) is 2.89. The molecule has 1 saturated heterocycles. The molecule has 3 nitrogen and oxygen atoms in total. The lowest BCUT2D eigenvalue weighted by Crippen LogP contribution is -2.33. The van der Waals surface area contributed by atoms with Crippen molar-refractivity contribution in [3.63, 3.8) is 0 Å². The van der Waals surface area contributed by atoms with Gasteiger partial charge < -0.3 is 10.1 Å². The van der Waals surface area contributed by atoms with Crippen LogP contribution in [0.3, 0.4) is 0 Å². The lowest BCUT2D eigenvalue weighted by molar-refractivity contribution is 0.00927. The summed E-state index contributed by atoms with van der Waals surface area (Å²) < 4.78 is 5.72. The van der Waals surface area contributed by atoms with Gasteiger partial charge in [0.25, 0.3) is 0 Å². The zero-order valence-corrected chi connectivity index (χ0v) is 12.4. The number of anilines is 1. The van der Waals surface area contributed by atoms with Gasteiger partial charge in [-0.25, -0.2) is 0 Å². The number of fused-ring (bicyclic) bond motifs is 1. The summed E-state index contributed by atoms with van der Waals surface area (Å²) in [4.78, 5) is 4.47. The molecule has 2 unspecified atom stereocenters. The monoisotopic (exact) mass is 290 g/mol. The number of ether oxygens (including phenoxy) is 1. The fraction of sp³-hybridized carbons (Fsp3) is 0.438. The Balaban J connectivity index is 1.86. The number of pyridine rings is 1. The van der Waals surface area contributed by atoms with Crippen LogP contribution in [0.15, 0.2) is 30.5 Å². The second-order valence-electron chi connectivity index (χ2n) is 5.30. The molecule has 1 aliphatic rings. The Bertz CT molecular complexity index is 602. The first-order chi connectivity index (χ1) is 9.76. The van der Waals surface area contributed by atoms with Crippen LogP contribution in [0.1, 0.15) is 26.2 Å². The predicted octanol–water partition coefficient (Wildman–Crippen LogP) is 4.26. The molecule has 1 aromatic carbocycles. The molecule has 1 aliphatic heterocycles. The van der Waals surface area contributed by atoms with Crippen LogP contribution < -0.4 is 5.32 Å². The van der Waals surface area contributed by atoms with Crippen LogP contribution in [-0.4, -0.2) is 23.7 Å². The first-order valence-electron chi connectivity index (χ1n) is 7.18. The largest absolute Gasteiger partial charge is 0.380 e. The van der Waals surface area contributed by atoms with Crippen LogP contribution in [0.2, 0.25) is 5.02 Å². The summed E-state index contributed by atoms with van der Waals surface area (Å²) in [7, 11) is 0. The molecular formula is C16H19ClN2O. The van der Waals surface area contributed by atoms with E-state index >= 15 is 0 Å². The number of aromatic nitrogens is 1. The molecule has 2 heterocycles. The maximum Gasteiger partial charge on any atom is 0.0934 e. The van der Waals surface area contributed by atoms with E-state index in [-0.39, 0.29) is 0 Å². The van der Waals surface area contributed by atoms with Gasteiger partial charge in [0.1, 0.15) is 0 Å². The van der Waals surface area contributed by atoms with Gasteiger partial charge in [-0.15, -0.1) is 0 Å². The van der Waals surface area contributed by atoms with E-state index in [0.717, 1.165) is 47.5 Å². The predicted molar refractivity (Wildman–Crippen MR) is 83.4 cm³/mol. The summed E-state index contributed by atoms with van der Waals surface area (Å²) in [6.07, 6.45) is 5.31. The Morgan fingerprint density at radius 2 is 2.35 bits per heavy atom. The Labute approximate surface area is 124 Å². The van der Waals surface area contributed by atoms with E-state index < -0.39 is 0 Å². The summed E-state index contributed by atoms with van der Waals surface area (Å²) >= 11 is 6.20. The van der Waals surface area contributed by atoms with Crippen molar-refractivity contribution in [1.29, 1.82) is 0 Å². The Kier molecular flexibility index (Phi) is 4.08. The van der Waals surface area contributed by atoms with Gasteiger partial charge >= 0.3 is 0 Å². The van der Waals surface area contributed by atoms with E-state index in [2.05, 4.69) is 17.2 Å². The Hall–Kier alpha value is -1.32. The molecule has 0 saturated carbocycles. The van der Waals surface area contributed by atoms with E-state index in [4.69, 9.17) is 16.3 Å². The number of nitrogens with zero attached hydrogens (tertiary/aromatic N) is 1. The molecule has 3 rings (SSSR count). The van der Waals surface area contributed by atoms with Gasteiger partial charge in [-0.2, -0.15) is 0 Å². The summed E-state index contributed by atoms with van der Waals surface area (Å²) in [6, 6.07) is 8.32. The molecule has 106 valence electrons. The van der Waals surface area contributed by atoms with Crippen molar-refractivity contribution in [2.24, 2.45) is 0 Å². The summed E-state index contributed by atoms with van der Waals surface area (Å²) in [5.74, 6) is 0. The van der Waals surface area contributed by atoms with Crippen molar-refractivity contribution >= 4 is 28.2 Å². The molecule has 0 spiro atoms. The van der Waals surface area contributed by atoms with Crippen LogP contribution in [0.25, 0.3) is 10.9 Å². The minimum atomic E-state index is 0.361. The van der Waals surface area contributed by atoms with Gasteiger partial charge in [0, 0.05) is 29.3 Å². The second kappa shape index (κ2) is 5.98. The van der Waals surface area contributed by atoms with E-state index in [0.29, 0.717) is 12.1 Å². The SMILES string of the molecule is CCC1CC(Nc2cc(Cl)cc3cccnc23)CCO1. The number of hydrogen-bond donors (Lipinski definition) is 1. The number of hydrogen-bond acceptors (Lipinski definition) is 3. The van der Waals surface area contributed by atoms with Crippen molar-refractivity contribution < 1.29 is 4.74 Å². The number of benzene rings is 1. The normalized spacial score (nSPS) is 22.9. The third-order valence-electron chi connectivity index (χ3n) is 3.85. The van der Waals surface area contributed by atoms with Crippen molar-refractivity contribution in [1.82, 2.24) is 4.98 Å². The van der Waals surface area contributed by atoms with Gasteiger partial charge in [0.2, 0.25) is 0 Å². The van der Waals surface area contributed by atoms with Crippen LogP contribution in [0.4, 0.5) is 5.69 Å². The van der Waals surface area contributed by atoms with Crippen molar-refractivity contribution in [3.8, 4) is 0 Å². The van der Waals surface area contributed by atoms with Gasteiger partial charge in [-0.3, -0.25) is 4.98 Å². The van der Waals surface area contributed by atoms with Crippen molar-refractivity contribution in [2.75, 3.05) is 11.9 Å². The van der Waals surface area contributed by atoms with Crippen LogP contribution in [-0.2, 0) is 4.74 Å². The molecule has 2 aromatic rings. The highest BCUT2D eigenvalue weighted by Crippen LogP contribution is 2.29. The van der Waals surface area contributed by atoms with Crippen molar-refractivity contribution in [2.45, 2.75) is 38.3 Å². The highest BCUT2D eigenvalue weighted by molar-refractivity contribution is 6.31. The first kappa shape index (κ1) is 13.7. The average molecular weight is 291 g/mol. The highest BCUT2D eigenvalue weighted by Gasteiger charge is 2.21.